The van der Waals surface area contributed by atoms with Crippen LogP contribution in [0.15, 0.2) is 54.6 Å². The molecule has 0 bridgehead atoms. The summed E-state index contributed by atoms with van der Waals surface area (Å²) >= 11 is 0. The number of carbonyl (C=O) groups excluding carboxylic acids is 1. The first kappa shape index (κ1) is 18.7. The van der Waals surface area contributed by atoms with Gasteiger partial charge in [-0.2, -0.15) is 0 Å². The maximum atomic E-state index is 12.9. The molecule has 1 aliphatic rings. The Hall–Kier alpha value is -2.66. The summed E-state index contributed by atoms with van der Waals surface area (Å²) < 4.78 is 1.77. The SMILES string of the molecule is O=C(NCCCc1ccccc1)n1c(CCCN2CCC2)nc2ccccc21. The number of aromatic nitrogens is 2. The monoisotopic (exact) mass is 376 g/mol. The lowest BCUT2D eigenvalue weighted by Gasteiger charge is -2.30. The third-order valence-electron chi connectivity index (χ3n) is 5.42. The smallest absolute Gasteiger partial charge is 0.327 e. The molecule has 0 atom stereocenters. The highest BCUT2D eigenvalue weighted by Gasteiger charge is 2.17. The molecule has 0 aliphatic carbocycles. The topological polar surface area (TPSA) is 50.2 Å². The van der Waals surface area contributed by atoms with Crippen LogP contribution in [-0.2, 0) is 12.8 Å². The summed E-state index contributed by atoms with van der Waals surface area (Å²) in [4.78, 5) is 20.1. The molecule has 1 N–H and O–H groups in total. The molecular weight excluding hydrogens is 348 g/mol. The number of aryl methyl sites for hydroxylation is 2. The lowest BCUT2D eigenvalue weighted by atomic mass is 10.1. The molecule has 1 amide bonds. The number of para-hydroxylation sites is 2. The molecule has 0 unspecified atom stereocenters. The molecular formula is C23H28N4O. The third kappa shape index (κ3) is 4.42. The maximum absolute atomic E-state index is 12.9. The van der Waals surface area contributed by atoms with Crippen LogP contribution < -0.4 is 5.32 Å². The van der Waals surface area contributed by atoms with E-state index in [9.17, 15) is 4.79 Å². The Balaban J connectivity index is 1.38. The minimum absolute atomic E-state index is 0.0688. The highest BCUT2D eigenvalue weighted by atomic mass is 16.2. The van der Waals surface area contributed by atoms with E-state index in [-0.39, 0.29) is 6.03 Å². The van der Waals surface area contributed by atoms with E-state index in [0.717, 1.165) is 49.1 Å². The van der Waals surface area contributed by atoms with E-state index in [1.165, 1.54) is 25.1 Å². The molecule has 1 aliphatic heterocycles. The van der Waals surface area contributed by atoms with E-state index in [1.807, 2.05) is 30.3 Å². The number of nitrogens with zero attached hydrogens (tertiary/aromatic N) is 3. The highest BCUT2D eigenvalue weighted by molar-refractivity contribution is 5.90. The van der Waals surface area contributed by atoms with E-state index in [1.54, 1.807) is 4.57 Å². The van der Waals surface area contributed by atoms with Gasteiger partial charge >= 0.3 is 6.03 Å². The molecule has 0 saturated carbocycles. The van der Waals surface area contributed by atoms with Gasteiger partial charge in [-0.1, -0.05) is 42.5 Å². The zero-order chi connectivity index (χ0) is 19.2. The molecule has 5 heteroatoms. The van der Waals surface area contributed by atoms with Gasteiger partial charge in [0.1, 0.15) is 5.82 Å². The second-order valence-electron chi connectivity index (χ2n) is 7.47. The van der Waals surface area contributed by atoms with E-state index in [0.29, 0.717) is 6.54 Å². The van der Waals surface area contributed by atoms with Gasteiger partial charge in [0, 0.05) is 13.0 Å². The number of carbonyl (C=O) groups is 1. The van der Waals surface area contributed by atoms with Gasteiger partial charge in [-0.15, -0.1) is 0 Å². The second-order valence-corrected chi connectivity index (χ2v) is 7.47. The Morgan fingerprint density at radius 1 is 0.964 bits per heavy atom. The van der Waals surface area contributed by atoms with Crippen molar-refractivity contribution in [1.29, 1.82) is 0 Å². The molecule has 1 aromatic heterocycles. The number of imidazole rings is 1. The van der Waals surface area contributed by atoms with Gasteiger partial charge in [-0.05, 0) is 63.0 Å². The van der Waals surface area contributed by atoms with Gasteiger partial charge < -0.3 is 10.2 Å². The molecule has 5 nitrogen and oxygen atoms in total. The quantitative estimate of drug-likeness (QED) is 0.607. The summed E-state index contributed by atoms with van der Waals surface area (Å²) in [6.07, 6.45) is 5.05. The van der Waals surface area contributed by atoms with Gasteiger partial charge in [0.05, 0.1) is 11.0 Å². The van der Waals surface area contributed by atoms with Crippen molar-refractivity contribution >= 4 is 17.1 Å². The molecule has 0 radical (unpaired) electrons. The van der Waals surface area contributed by atoms with Crippen molar-refractivity contribution in [2.75, 3.05) is 26.2 Å². The van der Waals surface area contributed by atoms with Crippen molar-refractivity contribution in [1.82, 2.24) is 19.8 Å². The largest absolute Gasteiger partial charge is 0.337 e. The molecule has 0 spiro atoms. The van der Waals surface area contributed by atoms with Crippen LogP contribution in [0.4, 0.5) is 4.79 Å². The average Bonchev–Trinajstić information content (AvgIpc) is 3.06. The number of fused-ring (bicyclic) bond motifs is 1. The van der Waals surface area contributed by atoms with Gasteiger partial charge in [0.25, 0.3) is 0 Å². The molecule has 3 aromatic rings. The van der Waals surface area contributed by atoms with Crippen LogP contribution >= 0.6 is 0 Å². The van der Waals surface area contributed by atoms with Crippen molar-refractivity contribution in [3.05, 3.63) is 66.0 Å². The lowest BCUT2D eigenvalue weighted by Crippen LogP contribution is -2.38. The van der Waals surface area contributed by atoms with Crippen LogP contribution in [0.5, 0.6) is 0 Å². The fourth-order valence-electron chi connectivity index (χ4n) is 3.75. The Kier molecular flexibility index (Phi) is 6.02. The molecule has 1 fully saturated rings. The minimum atomic E-state index is -0.0688. The van der Waals surface area contributed by atoms with Crippen LogP contribution in [0.3, 0.4) is 0 Å². The molecule has 2 aromatic carbocycles. The third-order valence-corrected chi connectivity index (χ3v) is 5.42. The predicted octanol–water partition coefficient (Wildman–Crippen LogP) is 3.87. The van der Waals surface area contributed by atoms with Gasteiger partial charge in [-0.3, -0.25) is 0 Å². The number of nitrogens with one attached hydrogen (secondary N) is 1. The Morgan fingerprint density at radius 3 is 2.54 bits per heavy atom. The molecule has 146 valence electrons. The first-order valence-corrected chi connectivity index (χ1v) is 10.3. The Bertz CT molecular complexity index is 915. The molecule has 2 heterocycles. The van der Waals surface area contributed by atoms with Crippen LogP contribution in [0.1, 0.15) is 30.7 Å². The van der Waals surface area contributed by atoms with Gasteiger partial charge in [0.15, 0.2) is 0 Å². The number of hydrogen-bond donors (Lipinski definition) is 1. The number of hydrogen-bond acceptors (Lipinski definition) is 3. The first-order valence-electron chi connectivity index (χ1n) is 10.3. The summed E-state index contributed by atoms with van der Waals surface area (Å²) in [6.45, 7) is 4.16. The number of rotatable bonds is 8. The van der Waals surface area contributed by atoms with Crippen molar-refractivity contribution < 1.29 is 4.79 Å². The van der Waals surface area contributed by atoms with E-state index >= 15 is 0 Å². The lowest BCUT2D eigenvalue weighted by molar-refractivity contribution is 0.179. The zero-order valence-corrected chi connectivity index (χ0v) is 16.3. The molecule has 28 heavy (non-hydrogen) atoms. The standard InChI is InChI=1S/C23H28N4O/c28-23(24-15-6-11-19-9-2-1-3-10-19)27-21-13-5-4-12-20(21)25-22(27)14-7-16-26-17-8-18-26/h1-5,9-10,12-13H,6-8,11,14-18H2,(H,24,28). The zero-order valence-electron chi connectivity index (χ0n) is 16.3. The van der Waals surface area contributed by atoms with Crippen LogP contribution in [0.2, 0.25) is 0 Å². The summed E-state index contributed by atoms with van der Waals surface area (Å²) in [5.74, 6) is 0.863. The molecule has 1 saturated heterocycles. The maximum Gasteiger partial charge on any atom is 0.327 e. The number of amides is 1. The number of likely N-dealkylation sites (tertiary alicyclic amines) is 1. The summed E-state index contributed by atoms with van der Waals surface area (Å²) in [7, 11) is 0. The van der Waals surface area contributed by atoms with E-state index in [2.05, 4.69) is 34.5 Å². The fourth-order valence-corrected chi connectivity index (χ4v) is 3.75. The minimum Gasteiger partial charge on any atom is -0.337 e. The van der Waals surface area contributed by atoms with Crippen LogP contribution in [-0.4, -0.2) is 46.7 Å². The fraction of sp³-hybridized carbons (Fsp3) is 0.391. The Morgan fingerprint density at radius 2 is 1.75 bits per heavy atom. The van der Waals surface area contributed by atoms with Crippen molar-refractivity contribution in [3.63, 3.8) is 0 Å². The van der Waals surface area contributed by atoms with Crippen molar-refractivity contribution in [3.8, 4) is 0 Å². The normalized spacial score (nSPS) is 14.1. The number of benzene rings is 2. The van der Waals surface area contributed by atoms with E-state index in [4.69, 9.17) is 4.98 Å². The van der Waals surface area contributed by atoms with Crippen molar-refractivity contribution in [2.45, 2.75) is 32.1 Å². The molecule has 4 rings (SSSR count). The van der Waals surface area contributed by atoms with Crippen molar-refractivity contribution in [2.24, 2.45) is 0 Å². The first-order chi connectivity index (χ1) is 13.8. The summed E-state index contributed by atoms with van der Waals surface area (Å²) in [5, 5.41) is 3.08. The van der Waals surface area contributed by atoms with Crippen LogP contribution in [0.25, 0.3) is 11.0 Å². The summed E-state index contributed by atoms with van der Waals surface area (Å²) in [6, 6.07) is 18.2. The summed E-state index contributed by atoms with van der Waals surface area (Å²) in [5.41, 5.74) is 3.08. The van der Waals surface area contributed by atoms with Crippen LogP contribution in [0, 0.1) is 0 Å². The predicted molar refractivity (Wildman–Crippen MR) is 113 cm³/mol. The Labute approximate surface area is 166 Å². The van der Waals surface area contributed by atoms with Gasteiger partial charge in [0.2, 0.25) is 0 Å². The second kappa shape index (κ2) is 9.02. The average molecular weight is 377 g/mol. The van der Waals surface area contributed by atoms with Gasteiger partial charge in [-0.25, -0.2) is 14.3 Å². The highest BCUT2D eigenvalue weighted by Crippen LogP contribution is 2.17. The van der Waals surface area contributed by atoms with E-state index < -0.39 is 0 Å².